The SMILES string of the molecule is C=C[C@]1(C)C[C@@H](OC(=O)CSC2CCCN([NH+]=O)C2)[C@@]2(C)C3C(=O)CCC3(CC[C@H]2C)[C@@H](C)C1O. The summed E-state index contributed by atoms with van der Waals surface area (Å²) in [6.07, 6.45) is 6.25. The minimum atomic E-state index is -0.658. The van der Waals surface area contributed by atoms with Crippen molar-refractivity contribution in [2.45, 2.75) is 90.1 Å². The number of carbonyl (C=O) groups excluding carboxylic acids is 2. The van der Waals surface area contributed by atoms with Crippen molar-refractivity contribution < 1.29 is 24.7 Å². The van der Waals surface area contributed by atoms with E-state index in [0.717, 1.165) is 38.6 Å². The van der Waals surface area contributed by atoms with Crippen molar-refractivity contribution in [2.75, 3.05) is 18.8 Å². The molecule has 3 aliphatic carbocycles. The fourth-order valence-electron chi connectivity index (χ4n) is 8.04. The second kappa shape index (κ2) is 9.81. The highest BCUT2D eigenvalue weighted by molar-refractivity contribution is 8.00. The lowest BCUT2D eigenvalue weighted by Gasteiger charge is -2.61. The van der Waals surface area contributed by atoms with Crippen molar-refractivity contribution in [1.29, 1.82) is 0 Å². The van der Waals surface area contributed by atoms with E-state index >= 15 is 0 Å². The van der Waals surface area contributed by atoms with Gasteiger partial charge in [-0.25, -0.2) is 0 Å². The maximum Gasteiger partial charge on any atom is 0.316 e. The van der Waals surface area contributed by atoms with Crippen LogP contribution < -0.4 is 5.29 Å². The fraction of sp³-hybridized carbons (Fsp3) is 0.852. The van der Waals surface area contributed by atoms with Crippen LogP contribution in [0.5, 0.6) is 0 Å². The van der Waals surface area contributed by atoms with E-state index in [-0.39, 0.29) is 45.9 Å². The number of esters is 1. The predicted molar refractivity (Wildman–Crippen MR) is 136 cm³/mol. The maximum atomic E-state index is 13.5. The van der Waals surface area contributed by atoms with Crippen molar-refractivity contribution in [3.05, 3.63) is 17.6 Å². The topological polar surface area (TPSA) is 97.9 Å². The summed E-state index contributed by atoms with van der Waals surface area (Å²) in [6.45, 7) is 13.9. The first-order chi connectivity index (χ1) is 16.5. The first-order valence-electron chi connectivity index (χ1n) is 13.3. The molecule has 3 saturated carbocycles. The first kappa shape index (κ1) is 26.6. The number of aliphatic hydroxyl groups is 1. The van der Waals surface area contributed by atoms with Crippen molar-refractivity contribution in [3.8, 4) is 0 Å². The molecule has 2 N–H and O–H groups in total. The third-order valence-corrected chi connectivity index (χ3v) is 11.8. The molecule has 7 nitrogen and oxygen atoms in total. The minimum Gasteiger partial charge on any atom is -0.461 e. The van der Waals surface area contributed by atoms with Gasteiger partial charge < -0.3 is 9.84 Å². The summed E-state index contributed by atoms with van der Waals surface area (Å²) in [5.41, 5.74) is -1.37. The first-order valence-corrected chi connectivity index (χ1v) is 14.3. The summed E-state index contributed by atoms with van der Waals surface area (Å²) in [5.74, 6) is 0.175. The Kier molecular flexibility index (Phi) is 7.47. The van der Waals surface area contributed by atoms with Gasteiger partial charge in [-0.2, -0.15) is 0 Å². The highest BCUT2D eigenvalue weighted by atomic mass is 32.2. The Bertz CT molecular complexity index is 869. The van der Waals surface area contributed by atoms with Crippen LogP contribution in [0.1, 0.15) is 72.6 Å². The molecule has 0 aromatic rings. The third kappa shape index (κ3) is 4.36. The van der Waals surface area contributed by atoms with E-state index in [0.29, 0.717) is 19.4 Å². The van der Waals surface area contributed by atoms with Crippen LogP contribution in [-0.2, 0) is 14.3 Å². The number of rotatable bonds is 6. The summed E-state index contributed by atoms with van der Waals surface area (Å²) in [4.78, 5) is 37.7. The number of hydrazine groups is 1. The van der Waals surface area contributed by atoms with E-state index in [2.05, 4.69) is 27.4 Å². The molecule has 9 atom stereocenters. The second-order valence-corrected chi connectivity index (χ2v) is 13.5. The Hall–Kier alpha value is -1.41. The van der Waals surface area contributed by atoms with E-state index < -0.39 is 23.0 Å². The number of piperidine rings is 1. The van der Waals surface area contributed by atoms with Gasteiger partial charge in [-0.05, 0) is 55.8 Å². The summed E-state index contributed by atoms with van der Waals surface area (Å²) < 4.78 is 6.30. The Morgan fingerprint density at radius 2 is 2.06 bits per heavy atom. The molecule has 4 unspecified atom stereocenters. The highest BCUT2D eigenvalue weighted by Crippen LogP contribution is 2.68. The molecule has 0 amide bonds. The van der Waals surface area contributed by atoms with E-state index in [9.17, 15) is 19.6 Å². The van der Waals surface area contributed by atoms with Crippen LogP contribution in [0.3, 0.4) is 0 Å². The van der Waals surface area contributed by atoms with Gasteiger partial charge in [0.15, 0.2) is 0 Å². The number of nitroso groups, excluding NO2 is 1. The molecule has 1 aliphatic heterocycles. The lowest BCUT2D eigenvalue weighted by Crippen LogP contribution is -2.79. The van der Waals surface area contributed by atoms with Crippen LogP contribution in [-0.4, -0.2) is 58.2 Å². The van der Waals surface area contributed by atoms with E-state index in [1.54, 1.807) is 5.01 Å². The van der Waals surface area contributed by atoms with Gasteiger partial charge in [-0.3, -0.25) is 9.59 Å². The highest BCUT2D eigenvalue weighted by Gasteiger charge is 2.68. The molecule has 0 radical (unpaired) electrons. The molecule has 0 spiro atoms. The van der Waals surface area contributed by atoms with Crippen LogP contribution in [0.4, 0.5) is 0 Å². The molecule has 1 heterocycles. The number of ketones is 1. The van der Waals surface area contributed by atoms with Crippen LogP contribution in [0, 0.1) is 38.9 Å². The van der Waals surface area contributed by atoms with Gasteiger partial charge in [0.2, 0.25) is 0 Å². The number of carbonyl (C=O) groups is 2. The third-order valence-electron chi connectivity index (χ3n) is 10.5. The Balaban J connectivity index is 1.61. The Morgan fingerprint density at radius 3 is 2.74 bits per heavy atom. The van der Waals surface area contributed by atoms with Gasteiger partial charge >= 0.3 is 5.97 Å². The lowest BCUT2D eigenvalue weighted by atomic mass is 9.44. The number of ether oxygens (including phenoxy) is 1. The largest absolute Gasteiger partial charge is 0.461 e. The number of nitrogens with zero attached hydrogens (tertiary/aromatic N) is 1. The zero-order valence-corrected chi connectivity index (χ0v) is 22.6. The maximum absolute atomic E-state index is 13.5. The normalized spacial score (nSPS) is 45.7. The van der Waals surface area contributed by atoms with Crippen molar-refractivity contribution in [1.82, 2.24) is 5.01 Å². The van der Waals surface area contributed by atoms with Crippen LogP contribution in [0.2, 0.25) is 0 Å². The Morgan fingerprint density at radius 1 is 1.31 bits per heavy atom. The molecule has 4 aliphatic rings. The summed E-state index contributed by atoms with van der Waals surface area (Å²) in [7, 11) is 0. The van der Waals surface area contributed by atoms with Gasteiger partial charge in [0.1, 0.15) is 17.2 Å². The molecular weight excluding hydrogens is 464 g/mol. The number of Topliss-reactive ketones (excluding diaryl/α,β-unsaturated/α-hetero) is 1. The zero-order chi connectivity index (χ0) is 25.6. The quantitative estimate of drug-likeness (QED) is 0.421. The molecule has 35 heavy (non-hydrogen) atoms. The van der Waals surface area contributed by atoms with Gasteiger partial charge in [-0.1, -0.05) is 33.8 Å². The average molecular weight is 508 g/mol. The summed E-state index contributed by atoms with van der Waals surface area (Å²) in [5, 5.41) is 15.4. The van der Waals surface area contributed by atoms with Crippen molar-refractivity contribution in [2.24, 2.45) is 34.0 Å². The Labute approximate surface area is 213 Å². The molecule has 4 rings (SSSR count). The van der Waals surface area contributed by atoms with Crippen LogP contribution >= 0.6 is 11.8 Å². The molecule has 4 fully saturated rings. The lowest BCUT2D eigenvalue weighted by molar-refractivity contribution is -0.665. The second-order valence-electron chi connectivity index (χ2n) is 12.2. The average Bonchev–Trinajstić information content (AvgIpc) is 3.21. The zero-order valence-electron chi connectivity index (χ0n) is 21.8. The standard InChI is InChI=1S/C27H42N2O5S/c1-6-25(4)14-21(34-22(31)16-35-19-8-7-13-29(15-19)28-33)26(5)17(2)9-11-27(18(3)24(25)32)12-10-20(30)23(26)27/h6,17-19,21,23-24,32H,1,7-16H2,2-5H3/p+1/t17-,18+,19?,21-,23?,24?,25-,26+,27?/m1/s1. The molecule has 0 aromatic heterocycles. The van der Waals surface area contributed by atoms with Gasteiger partial charge in [-0.15, -0.1) is 23.3 Å². The number of thioether (sulfide) groups is 1. The van der Waals surface area contributed by atoms with E-state index in [1.165, 1.54) is 11.8 Å². The number of aliphatic hydroxyl groups excluding tert-OH is 1. The van der Waals surface area contributed by atoms with Crippen molar-refractivity contribution in [3.63, 3.8) is 0 Å². The molecule has 2 bridgehead atoms. The minimum absolute atomic E-state index is 0.0372. The van der Waals surface area contributed by atoms with E-state index in [4.69, 9.17) is 4.74 Å². The summed E-state index contributed by atoms with van der Waals surface area (Å²) >= 11 is 1.54. The number of hydrogen-bond donors (Lipinski definition) is 2. The monoisotopic (exact) mass is 507 g/mol. The summed E-state index contributed by atoms with van der Waals surface area (Å²) in [6, 6.07) is 0. The van der Waals surface area contributed by atoms with Crippen molar-refractivity contribution >= 4 is 23.5 Å². The molecule has 8 heteroatoms. The van der Waals surface area contributed by atoms with Crippen LogP contribution in [0.15, 0.2) is 12.7 Å². The molecule has 1 saturated heterocycles. The number of nitrogens with one attached hydrogen (secondary N) is 1. The van der Waals surface area contributed by atoms with E-state index in [1.807, 2.05) is 18.3 Å². The molecule has 0 aromatic carbocycles. The van der Waals surface area contributed by atoms with Crippen LogP contribution in [0.25, 0.3) is 0 Å². The van der Waals surface area contributed by atoms with Gasteiger partial charge in [0.05, 0.1) is 24.9 Å². The number of hydrogen-bond acceptors (Lipinski definition) is 6. The van der Waals surface area contributed by atoms with Gasteiger partial charge in [0.25, 0.3) is 0 Å². The predicted octanol–water partition coefficient (Wildman–Crippen LogP) is 2.85. The molecular formula is C27H43N2O5S+. The fourth-order valence-corrected chi connectivity index (χ4v) is 9.10. The smallest absolute Gasteiger partial charge is 0.316 e. The molecule has 196 valence electrons. The van der Waals surface area contributed by atoms with Gasteiger partial charge in [0, 0.05) is 33.3 Å².